The number of halogens is 2. The lowest BCUT2D eigenvalue weighted by Crippen LogP contribution is -2.50. The van der Waals surface area contributed by atoms with E-state index in [1.54, 1.807) is 6.92 Å². The first-order valence-electron chi connectivity index (χ1n) is 8.18. The second-order valence-corrected chi connectivity index (χ2v) is 6.29. The van der Waals surface area contributed by atoms with Crippen LogP contribution in [0.5, 0.6) is 0 Å². The topological polar surface area (TPSA) is 55.6 Å². The molecule has 25 heavy (non-hydrogen) atoms. The van der Waals surface area contributed by atoms with Crippen LogP contribution in [0.1, 0.15) is 28.2 Å². The van der Waals surface area contributed by atoms with E-state index in [1.165, 1.54) is 11.0 Å². The number of hydrogen-bond acceptors (Lipinski definition) is 4. The fourth-order valence-electron chi connectivity index (χ4n) is 2.85. The zero-order valence-corrected chi connectivity index (χ0v) is 14.0. The van der Waals surface area contributed by atoms with Gasteiger partial charge in [0.25, 0.3) is 11.8 Å². The van der Waals surface area contributed by atoms with Gasteiger partial charge in [0.05, 0.1) is 24.8 Å². The molecule has 134 valence electrons. The lowest BCUT2D eigenvalue weighted by molar-refractivity contribution is -0.124. The highest BCUT2D eigenvalue weighted by atomic mass is 19.3. The molecule has 0 saturated carbocycles. The number of alkyl halides is 2. The van der Waals surface area contributed by atoms with Gasteiger partial charge in [-0.1, -0.05) is 35.5 Å². The third-order valence-corrected chi connectivity index (χ3v) is 4.31. The number of carbonyl (C=O) groups is 1. The van der Waals surface area contributed by atoms with Crippen molar-refractivity contribution in [3.8, 4) is 0 Å². The number of amides is 1. The summed E-state index contributed by atoms with van der Waals surface area (Å²) >= 11 is 0. The molecule has 1 aliphatic heterocycles. The van der Waals surface area contributed by atoms with Crippen LogP contribution in [0, 0.1) is 12.8 Å². The Kier molecular flexibility index (Phi) is 5.13. The normalized spacial score (nSPS) is 19.8. The van der Waals surface area contributed by atoms with E-state index in [9.17, 15) is 13.6 Å². The molecule has 0 spiro atoms. The molecule has 1 aromatic carbocycles. The van der Waals surface area contributed by atoms with E-state index in [4.69, 9.17) is 9.26 Å². The molecule has 1 atom stereocenters. The lowest BCUT2D eigenvalue weighted by Gasteiger charge is -2.37. The fraction of sp³-hybridized carbons (Fsp3) is 0.444. The first kappa shape index (κ1) is 17.5. The highest BCUT2D eigenvalue weighted by molar-refractivity contribution is 5.91. The number of carbonyl (C=O) groups excluding carboxylic acids is 1. The zero-order chi connectivity index (χ0) is 17.9. The summed E-state index contributed by atoms with van der Waals surface area (Å²) in [6.07, 6.45) is -0.384. The van der Waals surface area contributed by atoms with Gasteiger partial charge in [0, 0.05) is 25.6 Å². The average molecular weight is 350 g/mol. The molecule has 1 amide bonds. The molecule has 0 N–H and O–H groups in total. The van der Waals surface area contributed by atoms with Crippen molar-refractivity contribution in [2.75, 3.05) is 19.7 Å². The van der Waals surface area contributed by atoms with Crippen LogP contribution in [-0.2, 0) is 11.3 Å². The van der Waals surface area contributed by atoms with Gasteiger partial charge in [0.15, 0.2) is 0 Å². The predicted molar refractivity (Wildman–Crippen MR) is 86.3 cm³/mol. The Labute approximate surface area is 144 Å². The van der Waals surface area contributed by atoms with Crippen LogP contribution in [0.2, 0.25) is 0 Å². The number of benzene rings is 1. The summed E-state index contributed by atoms with van der Waals surface area (Å²) in [5, 5.41) is 3.67. The Hall–Kier alpha value is -2.28. The van der Waals surface area contributed by atoms with Crippen molar-refractivity contribution in [3.63, 3.8) is 0 Å². The van der Waals surface area contributed by atoms with Crippen molar-refractivity contribution in [2.24, 2.45) is 5.92 Å². The monoisotopic (exact) mass is 350 g/mol. The third-order valence-electron chi connectivity index (χ3n) is 4.31. The Morgan fingerprint density at radius 3 is 2.84 bits per heavy atom. The summed E-state index contributed by atoms with van der Waals surface area (Å²) in [6.45, 7) is 1.77. The molecule has 3 rings (SSSR count). The largest absolute Gasteiger partial charge is 0.376 e. The van der Waals surface area contributed by atoms with Gasteiger partial charge in [-0.05, 0) is 12.5 Å². The van der Waals surface area contributed by atoms with Crippen LogP contribution in [0.3, 0.4) is 0 Å². The molecule has 1 unspecified atom stereocenters. The standard InChI is InChI=1S/C18H20F2N2O3/c1-13-9-16(25-21-13)17(23)22-8-7-18(19,20)15(10-22)12-24-11-14-5-3-2-4-6-14/h2-6,9,15H,7-8,10-12H2,1H3. The second kappa shape index (κ2) is 7.31. The smallest absolute Gasteiger partial charge is 0.292 e. The minimum absolute atomic E-state index is 0.0131. The number of rotatable bonds is 5. The van der Waals surface area contributed by atoms with Crippen LogP contribution in [0.4, 0.5) is 8.78 Å². The number of aryl methyl sites for hydroxylation is 1. The minimum atomic E-state index is -2.86. The third kappa shape index (κ3) is 4.22. The molecular formula is C18H20F2N2O3. The highest BCUT2D eigenvalue weighted by Gasteiger charge is 2.45. The summed E-state index contributed by atoms with van der Waals surface area (Å²) in [5.41, 5.74) is 1.50. The Bertz CT molecular complexity index is 718. The van der Waals surface area contributed by atoms with E-state index in [-0.39, 0.29) is 38.5 Å². The number of aromatic nitrogens is 1. The van der Waals surface area contributed by atoms with Crippen LogP contribution in [0.15, 0.2) is 40.9 Å². The average Bonchev–Trinajstić information content (AvgIpc) is 3.03. The molecule has 5 nitrogen and oxygen atoms in total. The molecule has 0 radical (unpaired) electrons. The number of likely N-dealkylation sites (tertiary alicyclic amines) is 1. The molecule has 2 aromatic rings. The quantitative estimate of drug-likeness (QED) is 0.830. The number of piperidine rings is 1. The lowest BCUT2D eigenvalue weighted by atomic mass is 9.94. The van der Waals surface area contributed by atoms with Crippen LogP contribution in [0.25, 0.3) is 0 Å². The van der Waals surface area contributed by atoms with Gasteiger partial charge >= 0.3 is 0 Å². The van der Waals surface area contributed by atoms with E-state index in [0.29, 0.717) is 5.69 Å². The van der Waals surface area contributed by atoms with E-state index in [1.807, 2.05) is 30.3 Å². The van der Waals surface area contributed by atoms with Crippen molar-refractivity contribution >= 4 is 5.91 Å². The van der Waals surface area contributed by atoms with Gasteiger partial charge in [-0.2, -0.15) is 0 Å². The van der Waals surface area contributed by atoms with E-state index >= 15 is 0 Å². The fourth-order valence-corrected chi connectivity index (χ4v) is 2.85. The van der Waals surface area contributed by atoms with Gasteiger partial charge in [-0.25, -0.2) is 8.78 Å². The summed E-state index contributed by atoms with van der Waals surface area (Å²) in [5.74, 6) is -4.24. The molecule has 1 aromatic heterocycles. The summed E-state index contributed by atoms with van der Waals surface area (Å²) in [6, 6.07) is 10.9. The summed E-state index contributed by atoms with van der Waals surface area (Å²) in [4.78, 5) is 13.8. The number of nitrogens with zero attached hydrogens (tertiary/aromatic N) is 2. The maximum absolute atomic E-state index is 14.2. The molecular weight excluding hydrogens is 330 g/mol. The molecule has 2 heterocycles. The molecule has 1 saturated heterocycles. The van der Waals surface area contributed by atoms with Gasteiger partial charge in [0.2, 0.25) is 5.76 Å². The van der Waals surface area contributed by atoms with E-state index in [2.05, 4.69) is 5.16 Å². The number of hydrogen-bond donors (Lipinski definition) is 0. The van der Waals surface area contributed by atoms with Crippen molar-refractivity contribution in [1.29, 1.82) is 0 Å². The first-order chi connectivity index (χ1) is 12.0. The Morgan fingerprint density at radius 2 is 2.16 bits per heavy atom. The van der Waals surface area contributed by atoms with E-state index < -0.39 is 17.7 Å². The first-order valence-corrected chi connectivity index (χ1v) is 8.18. The SMILES string of the molecule is Cc1cc(C(=O)N2CCC(F)(F)C(COCc3ccccc3)C2)on1. The van der Waals surface area contributed by atoms with Crippen molar-refractivity contribution in [1.82, 2.24) is 10.1 Å². The summed E-state index contributed by atoms with van der Waals surface area (Å²) in [7, 11) is 0. The van der Waals surface area contributed by atoms with Crippen molar-refractivity contribution in [2.45, 2.75) is 25.9 Å². The van der Waals surface area contributed by atoms with Gasteiger partial charge in [0.1, 0.15) is 0 Å². The van der Waals surface area contributed by atoms with Crippen LogP contribution >= 0.6 is 0 Å². The Morgan fingerprint density at radius 1 is 1.40 bits per heavy atom. The molecule has 1 fully saturated rings. The highest BCUT2D eigenvalue weighted by Crippen LogP contribution is 2.34. The molecule has 1 aliphatic rings. The van der Waals surface area contributed by atoms with Gasteiger partial charge in [-0.15, -0.1) is 0 Å². The summed E-state index contributed by atoms with van der Waals surface area (Å²) < 4.78 is 38.8. The number of ether oxygens (including phenoxy) is 1. The predicted octanol–water partition coefficient (Wildman–Crippen LogP) is 3.30. The van der Waals surface area contributed by atoms with Gasteiger partial charge in [-0.3, -0.25) is 4.79 Å². The second-order valence-electron chi connectivity index (χ2n) is 6.29. The van der Waals surface area contributed by atoms with Crippen LogP contribution < -0.4 is 0 Å². The van der Waals surface area contributed by atoms with Gasteiger partial charge < -0.3 is 14.2 Å². The molecule has 7 heteroatoms. The Balaban J connectivity index is 1.60. The van der Waals surface area contributed by atoms with Crippen molar-refractivity contribution < 1.29 is 22.8 Å². The molecule has 0 aliphatic carbocycles. The maximum Gasteiger partial charge on any atom is 0.292 e. The van der Waals surface area contributed by atoms with E-state index in [0.717, 1.165) is 5.56 Å². The maximum atomic E-state index is 14.2. The van der Waals surface area contributed by atoms with Crippen LogP contribution in [-0.4, -0.2) is 41.6 Å². The minimum Gasteiger partial charge on any atom is -0.376 e. The zero-order valence-electron chi connectivity index (χ0n) is 14.0. The molecule has 0 bridgehead atoms. The van der Waals surface area contributed by atoms with Crippen molar-refractivity contribution in [3.05, 3.63) is 53.4 Å².